The monoisotopic (exact) mass is 275 g/mol. The molecule has 4 heteroatoms. The van der Waals surface area contributed by atoms with Gasteiger partial charge in [0.15, 0.2) is 0 Å². The Labute approximate surface area is 116 Å². The fourth-order valence-corrected chi connectivity index (χ4v) is 3.51. The van der Waals surface area contributed by atoms with Crippen LogP contribution in [0, 0.1) is 5.92 Å². The van der Waals surface area contributed by atoms with Crippen molar-refractivity contribution in [1.82, 2.24) is 4.90 Å². The van der Waals surface area contributed by atoms with Crippen LogP contribution < -0.4 is 0 Å². The van der Waals surface area contributed by atoms with Crippen LogP contribution in [0.2, 0.25) is 0 Å². The Hall–Kier alpha value is -1.39. The number of aliphatic hydroxyl groups excluding tert-OH is 1. The first kappa shape index (κ1) is 12.6. The summed E-state index contributed by atoms with van der Waals surface area (Å²) in [6, 6.07) is 9.97. The summed E-state index contributed by atoms with van der Waals surface area (Å²) in [7, 11) is 0. The largest absolute Gasteiger partial charge is 0.391 e. The third-order valence-corrected chi connectivity index (χ3v) is 4.95. The molecule has 1 aliphatic rings. The molecule has 1 N–H and O–H groups in total. The van der Waals surface area contributed by atoms with Crippen molar-refractivity contribution >= 4 is 27.3 Å². The smallest absolute Gasteiger partial charge is 0.264 e. The van der Waals surface area contributed by atoms with Gasteiger partial charge in [-0.2, -0.15) is 0 Å². The van der Waals surface area contributed by atoms with Crippen LogP contribution in [0.15, 0.2) is 30.3 Å². The fraction of sp³-hybridized carbons (Fsp3) is 0.400. The third-order valence-electron chi connectivity index (χ3n) is 3.84. The lowest BCUT2D eigenvalue weighted by Gasteiger charge is -2.34. The molecular formula is C15H17NO2S. The molecule has 1 aliphatic heterocycles. The average Bonchev–Trinajstić information content (AvgIpc) is 2.85. The lowest BCUT2D eigenvalue weighted by Crippen LogP contribution is -2.45. The number of rotatable bonds is 1. The van der Waals surface area contributed by atoms with E-state index in [1.165, 1.54) is 11.3 Å². The van der Waals surface area contributed by atoms with E-state index in [1.807, 2.05) is 37.3 Å². The van der Waals surface area contributed by atoms with Crippen LogP contribution in [0.25, 0.3) is 10.1 Å². The number of piperidine rings is 1. The molecule has 0 bridgehead atoms. The molecule has 2 unspecified atom stereocenters. The minimum atomic E-state index is -0.396. The number of likely N-dealkylation sites (tertiary alicyclic amines) is 1. The van der Waals surface area contributed by atoms with Crippen LogP contribution in [0.4, 0.5) is 0 Å². The zero-order valence-corrected chi connectivity index (χ0v) is 11.7. The van der Waals surface area contributed by atoms with Gasteiger partial charge < -0.3 is 10.0 Å². The van der Waals surface area contributed by atoms with Gasteiger partial charge in [0.05, 0.1) is 11.0 Å². The van der Waals surface area contributed by atoms with Gasteiger partial charge in [-0.25, -0.2) is 0 Å². The summed E-state index contributed by atoms with van der Waals surface area (Å²) in [6.45, 7) is 3.23. The van der Waals surface area contributed by atoms with Crippen LogP contribution in [0.5, 0.6) is 0 Å². The van der Waals surface area contributed by atoms with Gasteiger partial charge in [-0.1, -0.05) is 25.1 Å². The van der Waals surface area contributed by atoms with Gasteiger partial charge in [0, 0.05) is 17.8 Å². The highest BCUT2D eigenvalue weighted by Gasteiger charge is 2.28. The molecule has 3 rings (SSSR count). The van der Waals surface area contributed by atoms with Crippen molar-refractivity contribution in [1.29, 1.82) is 0 Å². The number of β-amino-alcohol motifs (C(OH)–C–C–N with tert-alkyl or cyclic N) is 1. The molecule has 100 valence electrons. The predicted molar refractivity (Wildman–Crippen MR) is 77.5 cm³/mol. The molecule has 1 fully saturated rings. The van der Waals surface area contributed by atoms with Crippen molar-refractivity contribution in [2.24, 2.45) is 5.92 Å². The Morgan fingerprint density at radius 2 is 2.21 bits per heavy atom. The Morgan fingerprint density at radius 1 is 1.42 bits per heavy atom. The molecule has 1 aromatic carbocycles. The highest BCUT2D eigenvalue weighted by atomic mass is 32.1. The highest BCUT2D eigenvalue weighted by Crippen LogP contribution is 2.27. The predicted octanol–water partition coefficient (Wildman–Crippen LogP) is 2.74. The maximum atomic E-state index is 12.4. The second-order valence-corrected chi connectivity index (χ2v) is 6.32. The maximum Gasteiger partial charge on any atom is 0.264 e. The molecule has 0 spiro atoms. The molecule has 19 heavy (non-hydrogen) atoms. The molecule has 0 saturated carbocycles. The Kier molecular flexibility index (Phi) is 3.29. The summed E-state index contributed by atoms with van der Waals surface area (Å²) in [5, 5.41) is 11.0. The van der Waals surface area contributed by atoms with Crippen LogP contribution in [0.3, 0.4) is 0 Å². The third kappa shape index (κ3) is 2.38. The van der Waals surface area contributed by atoms with Crippen molar-refractivity contribution in [2.45, 2.75) is 19.4 Å². The first-order chi connectivity index (χ1) is 9.15. The van der Waals surface area contributed by atoms with Crippen molar-refractivity contribution in [3.8, 4) is 0 Å². The molecule has 2 heterocycles. The number of hydrogen-bond donors (Lipinski definition) is 1. The second kappa shape index (κ2) is 4.94. The molecule has 3 nitrogen and oxygen atoms in total. The van der Waals surface area contributed by atoms with E-state index in [-0.39, 0.29) is 11.8 Å². The van der Waals surface area contributed by atoms with Gasteiger partial charge in [-0.15, -0.1) is 11.3 Å². The number of thiophene rings is 1. The summed E-state index contributed by atoms with van der Waals surface area (Å²) in [4.78, 5) is 15.0. The number of hydrogen-bond acceptors (Lipinski definition) is 3. The lowest BCUT2D eigenvalue weighted by molar-refractivity contribution is 0.0251. The first-order valence-electron chi connectivity index (χ1n) is 6.61. The molecule has 0 aliphatic carbocycles. The van der Waals surface area contributed by atoms with E-state index in [0.717, 1.165) is 27.9 Å². The number of aliphatic hydroxyl groups is 1. The van der Waals surface area contributed by atoms with Gasteiger partial charge in [0.25, 0.3) is 5.91 Å². The molecule has 0 radical (unpaired) electrons. The zero-order valence-electron chi connectivity index (χ0n) is 10.9. The van der Waals surface area contributed by atoms with Crippen molar-refractivity contribution in [2.75, 3.05) is 13.1 Å². The summed E-state index contributed by atoms with van der Waals surface area (Å²) in [5.74, 6) is 0.332. The van der Waals surface area contributed by atoms with E-state index in [0.29, 0.717) is 6.54 Å². The van der Waals surface area contributed by atoms with Crippen LogP contribution >= 0.6 is 11.3 Å². The summed E-state index contributed by atoms with van der Waals surface area (Å²) in [6.07, 6.45) is 0.477. The first-order valence-corrected chi connectivity index (χ1v) is 7.43. The number of amides is 1. The Balaban J connectivity index is 1.83. The Morgan fingerprint density at radius 3 is 2.95 bits per heavy atom. The number of carbonyl (C=O) groups excluding carboxylic acids is 1. The van der Waals surface area contributed by atoms with Crippen molar-refractivity contribution in [3.63, 3.8) is 0 Å². The van der Waals surface area contributed by atoms with Crippen LogP contribution in [-0.2, 0) is 0 Å². The van der Waals surface area contributed by atoms with Gasteiger partial charge >= 0.3 is 0 Å². The number of fused-ring (bicyclic) bond motifs is 1. The van der Waals surface area contributed by atoms with Gasteiger partial charge in [0.1, 0.15) is 0 Å². The highest BCUT2D eigenvalue weighted by molar-refractivity contribution is 7.20. The normalized spacial score (nSPS) is 23.8. The number of carbonyl (C=O) groups is 1. The van der Waals surface area contributed by atoms with E-state index in [1.54, 1.807) is 4.90 Å². The quantitative estimate of drug-likeness (QED) is 0.869. The fourth-order valence-electron chi connectivity index (χ4n) is 2.48. The van der Waals surface area contributed by atoms with Crippen LogP contribution in [0.1, 0.15) is 23.0 Å². The van der Waals surface area contributed by atoms with E-state index < -0.39 is 6.10 Å². The minimum Gasteiger partial charge on any atom is -0.391 e. The van der Waals surface area contributed by atoms with Crippen molar-refractivity contribution < 1.29 is 9.90 Å². The minimum absolute atomic E-state index is 0.0483. The van der Waals surface area contributed by atoms with Gasteiger partial charge in [0.2, 0.25) is 0 Å². The maximum absolute atomic E-state index is 12.4. The van der Waals surface area contributed by atoms with Crippen LogP contribution in [-0.4, -0.2) is 35.1 Å². The standard InChI is InChI=1S/C15H17NO2S/c1-10-6-7-16(9-12(10)17)15(18)14-8-11-4-2-3-5-13(11)19-14/h2-5,8,10,12,17H,6-7,9H2,1H3. The van der Waals surface area contributed by atoms with E-state index in [9.17, 15) is 9.90 Å². The lowest BCUT2D eigenvalue weighted by atomic mass is 9.96. The average molecular weight is 275 g/mol. The molecule has 1 aromatic heterocycles. The summed E-state index contributed by atoms with van der Waals surface area (Å²) < 4.78 is 1.14. The zero-order chi connectivity index (χ0) is 13.4. The molecular weight excluding hydrogens is 258 g/mol. The number of benzene rings is 1. The summed E-state index contributed by atoms with van der Waals surface area (Å²) in [5.41, 5.74) is 0. The summed E-state index contributed by atoms with van der Waals surface area (Å²) >= 11 is 1.53. The molecule has 1 amide bonds. The van der Waals surface area contributed by atoms with E-state index in [2.05, 4.69) is 0 Å². The SMILES string of the molecule is CC1CCN(C(=O)c2cc3ccccc3s2)CC1O. The molecule has 2 atom stereocenters. The molecule has 1 saturated heterocycles. The van der Waals surface area contributed by atoms with Gasteiger partial charge in [-0.05, 0) is 29.9 Å². The topological polar surface area (TPSA) is 40.5 Å². The van der Waals surface area contributed by atoms with Crippen molar-refractivity contribution in [3.05, 3.63) is 35.2 Å². The van der Waals surface area contributed by atoms with Gasteiger partial charge in [-0.3, -0.25) is 4.79 Å². The molecule has 2 aromatic rings. The number of nitrogens with zero attached hydrogens (tertiary/aromatic N) is 1. The second-order valence-electron chi connectivity index (χ2n) is 5.23. The van der Waals surface area contributed by atoms with E-state index in [4.69, 9.17) is 0 Å². The Bertz CT molecular complexity index is 574. The van der Waals surface area contributed by atoms with E-state index >= 15 is 0 Å².